The standard InChI is InChI=1S/C13H27N3O2S.ClH/c1-11-7-12(2)10-16(9-11)19(17,18)15-5-3-13(8-14)4-6-15;/h11-13H,3-10,14H2,1-2H3;1H. The Morgan fingerprint density at radius 1 is 1.05 bits per heavy atom. The maximum absolute atomic E-state index is 12.6. The lowest BCUT2D eigenvalue weighted by Gasteiger charge is -2.39. The van der Waals surface area contributed by atoms with Crippen LogP contribution in [0.4, 0.5) is 0 Å². The summed E-state index contributed by atoms with van der Waals surface area (Å²) in [5.41, 5.74) is 5.66. The van der Waals surface area contributed by atoms with E-state index in [2.05, 4.69) is 13.8 Å². The lowest BCUT2D eigenvalue weighted by atomic mass is 9.94. The van der Waals surface area contributed by atoms with Gasteiger partial charge in [-0.1, -0.05) is 13.8 Å². The molecule has 0 aromatic heterocycles. The predicted octanol–water partition coefficient (Wildman–Crippen LogP) is 1.30. The highest BCUT2D eigenvalue weighted by Gasteiger charge is 2.36. The molecule has 0 saturated carbocycles. The van der Waals surface area contributed by atoms with Gasteiger partial charge in [0, 0.05) is 26.2 Å². The molecule has 2 fully saturated rings. The molecule has 0 aliphatic carbocycles. The van der Waals surface area contributed by atoms with Crippen molar-refractivity contribution < 1.29 is 8.42 Å². The molecule has 2 aliphatic heterocycles. The first-order valence-corrected chi connectivity index (χ1v) is 8.78. The summed E-state index contributed by atoms with van der Waals surface area (Å²) in [5.74, 6) is 1.41. The van der Waals surface area contributed by atoms with E-state index in [4.69, 9.17) is 5.73 Å². The fourth-order valence-corrected chi connectivity index (χ4v) is 5.22. The highest BCUT2D eigenvalue weighted by Crippen LogP contribution is 2.27. The molecule has 5 nitrogen and oxygen atoms in total. The third kappa shape index (κ3) is 4.07. The van der Waals surface area contributed by atoms with Gasteiger partial charge in [-0.25, -0.2) is 0 Å². The minimum absolute atomic E-state index is 0. The zero-order chi connectivity index (χ0) is 14.0. The van der Waals surface area contributed by atoms with Gasteiger partial charge in [-0.2, -0.15) is 17.0 Å². The van der Waals surface area contributed by atoms with Crippen molar-refractivity contribution in [2.24, 2.45) is 23.5 Å². The number of rotatable bonds is 3. The first-order valence-electron chi connectivity index (χ1n) is 7.38. The average Bonchev–Trinajstić information content (AvgIpc) is 2.37. The molecule has 2 N–H and O–H groups in total. The van der Waals surface area contributed by atoms with Crippen LogP contribution in [0.15, 0.2) is 0 Å². The van der Waals surface area contributed by atoms with Crippen LogP contribution in [0.5, 0.6) is 0 Å². The third-order valence-corrected chi connectivity index (χ3v) is 6.36. The van der Waals surface area contributed by atoms with Crippen molar-refractivity contribution in [1.82, 2.24) is 8.61 Å². The second kappa shape index (κ2) is 7.40. The molecule has 0 aromatic rings. The SMILES string of the molecule is CC1CC(C)CN(S(=O)(=O)N2CCC(CN)CC2)C1.Cl. The smallest absolute Gasteiger partial charge is 0.281 e. The molecule has 2 aliphatic rings. The summed E-state index contributed by atoms with van der Waals surface area (Å²) in [5, 5.41) is 0. The summed E-state index contributed by atoms with van der Waals surface area (Å²) in [7, 11) is -3.26. The molecule has 0 radical (unpaired) electrons. The normalized spacial score (nSPS) is 30.9. The Bertz CT molecular complexity index is 386. The first kappa shape index (κ1) is 18.2. The molecule has 2 saturated heterocycles. The van der Waals surface area contributed by atoms with Gasteiger partial charge >= 0.3 is 0 Å². The second-order valence-corrected chi connectivity index (χ2v) is 8.28. The topological polar surface area (TPSA) is 66.6 Å². The van der Waals surface area contributed by atoms with Crippen LogP contribution in [-0.4, -0.2) is 49.8 Å². The number of halogens is 1. The second-order valence-electron chi connectivity index (χ2n) is 6.35. The highest BCUT2D eigenvalue weighted by atomic mass is 35.5. The molecule has 2 rings (SSSR count). The maximum Gasteiger partial charge on any atom is 0.281 e. The van der Waals surface area contributed by atoms with Gasteiger partial charge in [-0.15, -0.1) is 12.4 Å². The van der Waals surface area contributed by atoms with E-state index in [0.29, 0.717) is 50.5 Å². The number of piperidine rings is 2. The lowest BCUT2D eigenvalue weighted by Crippen LogP contribution is -2.51. The quantitative estimate of drug-likeness (QED) is 0.850. The van der Waals surface area contributed by atoms with Crippen LogP contribution in [0.2, 0.25) is 0 Å². The number of hydrogen-bond donors (Lipinski definition) is 1. The largest absolute Gasteiger partial charge is 0.330 e. The zero-order valence-electron chi connectivity index (χ0n) is 12.5. The average molecular weight is 326 g/mol. The van der Waals surface area contributed by atoms with Gasteiger partial charge in [0.25, 0.3) is 10.2 Å². The Balaban J connectivity index is 0.00000200. The Morgan fingerprint density at radius 2 is 1.55 bits per heavy atom. The van der Waals surface area contributed by atoms with Crippen molar-refractivity contribution in [1.29, 1.82) is 0 Å². The first-order chi connectivity index (χ1) is 8.93. The van der Waals surface area contributed by atoms with Crippen LogP contribution in [0.1, 0.15) is 33.1 Å². The number of nitrogens with two attached hydrogens (primary N) is 1. The molecule has 7 heteroatoms. The van der Waals surface area contributed by atoms with Gasteiger partial charge in [0.2, 0.25) is 0 Å². The predicted molar refractivity (Wildman–Crippen MR) is 84.0 cm³/mol. The van der Waals surface area contributed by atoms with E-state index < -0.39 is 10.2 Å². The van der Waals surface area contributed by atoms with Crippen molar-refractivity contribution in [2.45, 2.75) is 33.1 Å². The summed E-state index contributed by atoms with van der Waals surface area (Å²) < 4.78 is 28.6. The van der Waals surface area contributed by atoms with Crippen molar-refractivity contribution in [2.75, 3.05) is 32.7 Å². The van der Waals surface area contributed by atoms with Crippen LogP contribution in [0.3, 0.4) is 0 Å². The molecule has 2 heterocycles. The van der Waals surface area contributed by atoms with E-state index >= 15 is 0 Å². The van der Waals surface area contributed by atoms with Crippen LogP contribution >= 0.6 is 12.4 Å². The molecule has 120 valence electrons. The minimum atomic E-state index is -3.26. The van der Waals surface area contributed by atoms with Crippen LogP contribution in [0, 0.1) is 17.8 Å². The van der Waals surface area contributed by atoms with E-state index in [1.807, 2.05) is 0 Å². The number of hydrogen-bond acceptors (Lipinski definition) is 3. The molecule has 0 aromatic carbocycles. The Labute approximate surface area is 129 Å². The summed E-state index contributed by atoms with van der Waals surface area (Å²) in [4.78, 5) is 0. The van der Waals surface area contributed by atoms with E-state index in [-0.39, 0.29) is 12.4 Å². The molecular formula is C13H28ClN3O2S. The van der Waals surface area contributed by atoms with Crippen LogP contribution in [-0.2, 0) is 10.2 Å². The van der Waals surface area contributed by atoms with E-state index in [1.165, 1.54) is 0 Å². The van der Waals surface area contributed by atoms with Gasteiger partial charge in [0.1, 0.15) is 0 Å². The number of nitrogens with zero attached hydrogens (tertiary/aromatic N) is 2. The zero-order valence-corrected chi connectivity index (χ0v) is 14.1. The van der Waals surface area contributed by atoms with Crippen molar-refractivity contribution in [3.05, 3.63) is 0 Å². The van der Waals surface area contributed by atoms with Crippen molar-refractivity contribution in [3.63, 3.8) is 0 Å². The Kier molecular flexibility index (Phi) is 6.73. The molecule has 0 spiro atoms. The molecule has 2 atom stereocenters. The van der Waals surface area contributed by atoms with E-state index in [0.717, 1.165) is 19.3 Å². The molecule has 20 heavy (non-hydrogen) atoms. The van der Waals surface area contributed by atoms with Gasteiger partial charge in [0.15, 0.2) is 0 Å². The molecule has 0 bridgehead atoms. The molecular weight excluding hydrogens is 298 g/mol. The fraction of sp³-hybridized carbons (Fsp3) is 1.00. The third-order valence-electron chi connectivity index (χ3n) is 4.39. The van der Waals surface area contributed by atoms with Crippen LogP contribution in [0.25, 0.3) is 0 Å². The van der Waals surface area contributed by atoms with Gasteiger partial charge in [0.05, 0.1) is 0 Å². The Morgan fingerprint density at radius 3 is 2.00 bits per heavy atom. The van der Waals surface area contributed by atoms with Gasteiger partial charge < -0.3 is 5.73 Å². The lowest BCUT2D eigenvalue weighted by molar-refractivity contribution is 0.197. The van der Waals surface area contributed by atoms with Gasteiger partial charge in [-0.05, 0) is 43.6 Å². The minimum Gasteiger partial charge on any atom is -0.330 e. The van der Waals surface area contributed by atoms with E-state index in [9.17, 15) is 8.42 Å². The van der Waals surface area contributed by atoms with E-state index in [1.54, 1.807) is 8.61 Å². The summed E-state index contributed by atoms with van der Waals surface area (Å²) in [6, 6.07) is 0. The molecule has 2 unspecified atom stereocenters. The van der Waals surface area contributed by atoms with Crippen molar-refractivity contribution in [3.8, 4) is 0 Å². The fourth-order valence-electron chi connectivity index (χ4n) is 3.33. The highest BCUT2D eigenvalue weighted by molar-refractivity contribution is 7.86. The maximum atomic E-state index is 12.6. The summed E-state index contributed by atoms with van der Waals surface area (Å²) in [6.07, 6.45) is 2.92. The summed E-state index contributed by atoms with van der Waals surface area (Å²) in [6.45, 7) is 7.54. The Hall–Kier alpha value is 0.120. The monoisotopic (exact) mass is 325 g/mol. The van der Waals surface area contributed by atoms with Gasteiger partial charge in [-0.3, -0.25) is 0 Å². The van der Waals surface area contributed by atoms with Crippen LogP contribution < -0.4 is 5.73 Å². The van der Waals surface area contributed by atoms with Crippen molar-refractivity contribution >= 4 is 22.6 Å². The molecule has 0 amide bonds. The summed E-state index contributed by atoms with van der Waals surface area (Å²) >= 11 is 0.